The third kappa shape index (κ3) is 3.72. The average Bonchev–Trinajstić information content (AvgIpc) is 2.48. The van der Waals surface area contributed by atoms with Crippen LogP contribution >= 0.6 is 0 Å². The molecule has 1 heterocycles. The molecule has 0 aromatic heterocycles. The number of nitrogens with zero attached hydrogens (tertiary/aromatic N) is 1. The lowest BCUT2D eigenvalue weighted by Gasteiger charge is -2.36. The topological polar surface area (TPSA) is 55.8 Å². The Morgan fingerprint density at radius 1 is 1.15 bits per heavy atom. The van der Waals surface area contributed by atoms with Gasteiger partial charge in [-0.15, -0.1) is 0 Å². The van der Waals surface area contributed by atoms with Gasteiger partial charge >= 0.3 is 6.09 Å². The molecule has 0 spiro atoms. The maximum atomic E-state index is 12.5. The van der Waals surface area contributed by atoms with Crippen molar-refractivity contribution in [2.24, 2.45) is 5.41 Å². The van der Waals surface area contributed by atoms with E-state index in [-0.39, 0.29) is 12.4 Å². The minimum atomic E-state index is -0.839. The molecule has 1 aliphatic heterocycles. The minimum Gasteiger partial charge on any atom is -0.444 e. The van der Waals surface area contributed by atoms with Crippen LogP contribution in [0.15, 0.2) is 0 Å². The Labute approximate surface area is 121 Å². The SMILES string of the molecule is CC(C)(C)OC(=O)N1C(C(=O)C(C)(C)C)COC1(C)C. The van der Waals surface area contributed by atoms with Gasteiger partial charge in [0.15, 0.2) is 5.78 Å². The van der Waals surface area contributed by atoms with Gasteiger partial charge < -0.3 is 9.47 Å². The van der Waals surface area contributed by atoms with E-state index < -0.39 is 28.9 Å². The van der Waals surface area contributed by atoms with Gasteiger partial charge in [0, 0.05) is 5.41 Å². The first kappa shape index (κ1) is 17.0. The predicted molar refractivity (Wildman–Crippen MR) is 76.4 cm³/mol. The first-order chi connectivity index (χ1) is 8.76. The number of hydrogen-bond acceptors (Lipinski definition) is 4. The first-order valence-electron chi connectivity index (χ1n) is 6.96. The molecule has 1 saturated heterocycles. The highest BCUT2D eigenvalue weighted by Gasteiger charge is 2.50. The lowest BCUT2D eigenvalue weighted by atomic mass is 9.86. The summed E-state index contributed by atoms with van der Waals surface area (Å²) >= 11 is 0. The van der Waals surface area contributed by atoms with Gasteiger partial charge in [0.2, 0.25) is 0 Å². The molecule has 20 heavy (non-hydrogen) atoms. The van der Waals surface area contributed by atoms with E-state index in [1.54, 1.807) is 34.6 Å². The summed E-state index contributed by atoms with van der Waals surface area (Å²) in [5.74, 6) is -0.0195. The number of carbonyl (C=O) groups excluding carboxylic acids is 2. The van der Waals surface area contributed by atoms with Crippen molar-refractivity contribution in [2.75, 3.05) is 6.61 Å². The number of ether oxygens (including phenoxy) is 2. The van der Waals surface area contributed by atoms with Gasteiger partial charge in [-0.05, 0) is 34.6 Å². The second-order valence-corrected chi connectivity index (χ2v) is 7.74. The highest BCUT2D eigenvalue weighted by Crippen LogP contribution is 2.33. The summed E-state index contributed by atoms with van der Waals surface area (Å²) < 4.78 is 11.0. The van der Waals surface area contributed by atoms with Gasteiger partial charge in [-0.25, -0.2) is 4.79 Å². The Bertz CT molecular complexity index is 401. The molecule has 1 atom stereocenters. The number of rotatable bonds is 1. The molecule has 1 aliphatic rings. The van der Waals surface area contributed by atoms with Gasteiger partial charge in [-0.3, -0.25) is 9.69 Å². The van der Waals surface area contributed by atoms with Crippen molar-refractivity contribution in [2.45, 2.75) is 72.8 Å². The van der Waals surface area contributed by atoms with Crippen molar-refractivity contribution in [3.05, 3.63) is 0 Å². The normalized spacial score (nSPS) is 22.8. The number of carbonyl (C=O) groups is 2. The van der Waals surface area contributed by atoms with Crippen molar-refractivity contribution in [3.63, 3.8) is 0 Å². The van der Waals surface area contributed by atoms with Crippen LogP contribution in [0.5, 0.6) is 0 Å². The molecule has 5 nitrogen and oxygen atoms in total. The molecule has 0 bridgehead atoms. The lowest BCUT2D eigenvalue weighted by Crippen LogP contribution is -2.54. The number of ketones is 1. The highest BCUT2D eigenvalue weighted by molar-refractivity contribution is 5.92. The molecule has 0 N–H and O–H groups in total. The van der Waals surface area contributed by atoms with E-state index in [9.17, 15) is 9.59 Å². The van der Waals surface area contributed by atoms with Crippen LogP contribution in [0.4, 0.5) is 4.79 Å². The van der Waals surface area contributed by atoms with Crippen molar-refractivity contribution in [1.29, 1.82) is 0 Å². The summed E-state index contributed by atoms with van der Waals surface area (Å²) in [4.78, 5) is 26.3. The molecule has 1 rings (SSSR count). The average molecular weight is 285 g/mol. The van der Waals surface area contributed by atoms with E-state index in [4.69, 9.17) is 9.47 Å². The second kappa shape index (κ2) is 5.02. The molecular formula is C15H27NO4. The minimum absolute atomic E-state index is 0.0195. The maximum Gasteiger partial charge on any atom is 0.413 e. The summed E-state index contributed by atoms with van der Waals surface area (Å²) in [5, 5.41) is 0. The van der Waals surface area contributed by atoms with E-state index in [1.807, 2.05) is 20.8 Å². The Hall–Kier alpha value is -1.10. The second-order valence-electron chi connectivity index (χ2n) is 7.74. The Morgan fingerprint density at radius 3 is 2.05 bits per heavy atom. The van der Waals surface area contributed by atoms with Crippen LogP contribution in [0, 0.1) is 5.41 Å². The van der Waals surface area contributed by atoms with Crippen LogP contribution in [0.25, 0.3) is 0 Å². The van der Waals surface area contributed by atoms with Crippen molar-refractivity contribution >= 4 is 11.9 Å². The standard InChI is InChI=1S/C15H27NO4/c1-13(2,3)11(17)10-9-19-15(7,8)16(10)12(18)20-14(4,5)6/h10H,9H2,1-8H3. The fourth-order valence-electron chi connectivity index (χ4n) is 2.15. The number of hydrogen-bond donors (Lipinski definition) is 0. The molecule has 0 aliphatic carbocycles. The van der Waals surface area contributed by atoms with Gasteiger partial charge in [0.05, 0.1) is 6.61 Å². The van der Waals surface area contributed by atoms with Gasteiger partial charge in [0.1, 0.15) is 17.4 Å². The van der Waals surface area contributed by atoms with Crippen LogP contribution in [-0.4, -0.2) is 40.8 Å². The van der Waals surface area contributed by atoms with Gasteiger partial charge in [-0.1, -0.05) is 20.8 Å². The fourth-order valence-corrected chi connectivity index (χ4v) is 2.15. The zero-order valence-corrected chi connectivity index (χ0v) is 13.9. The molecule has 1 amide bonds. The highest BCUT2D eigenvalue weighted by atomic mass is 16.6. The number of amides is 1. The first-order valence-corrected chi connectivity index (χ1v) is 6.96. The number of Topliss-reactive ketones (excluding diaryl/α,β-unsaturated/α-hetero) is 1. The summed E-state index contributed by atoms with van der Waals surface area (Å²) in [5.41, 5.74) is -1.98. The summed E-state index contributed by atoms with van der Waals surface area (Å²) in [6.07, 6.45) is -0.511. The molecule has 1 fully saturated rings. The summed E-state index contributed by atoms with van der Waals surface area (Å²) in [6, 6.07) is -0.597. The molecule has 5 heteroatoms. The zero-order chi connectivity index (χ0) is 15.9. The van der Waals surface area contributed by atoms with E-state index in [0.29, 0.717) is 0 Å². The van der Waals surface area contributed by atoms with E-state index in [2.05, 4.69) is 0 Å². The van der Waals surface area contributed by atoms with E-state index in [0.717, 1.165) is 0 Å². The monoisotopic (exact) mass is 285 g/mol. The molecule has 0 aromatic rings. The maximum absolute atomic E-state index is 12.5. The van der Waals surface area contributed by atoms with E-state index >= 15 is 0 Å². The zero-order valence-electron chi connectivity index (χ0n) is 13.9. The third-order valence-corrected chi connectivity index (χ3v) is 3.12. The Morgan fingerprint density at radius 2 is 1.65 bits per heavy atom. The van der Waals surface area contributed by atoms with Gasteiger partial charge in [-0.2, -0.15) is 0 Å². The molecule has 1 unspecified atom stereocenters. The molecule has 0 saturated carbocycles. The van der Waals surface area contributed by atoms with E-state index in [1.165, 1.54) is 4.90 Å². The summed E-state index contributed by atoms with van der Waals surface area (Å²) in [7, 11) is 0. The summed E-state index contributed by atoms with van der Waals surface area (Å²) in [6.45, 7) is 14.7. The largest absolute Gasteiger partial charge is 0.444 e. The van der Waals surface area contributed by atoms with Crippen LogP contribution in [0.2, 0.25) is 0 Å². The molecular weight excluding hydrogens is 258 g/mol. The van der Waals surface area contributed by atoms with Crippen LogP contribution in [0.3, 0.4) is 0 Å². The van der Waals surface area contributed by atoms with Crippen LogP contribution < -0.4 is 0 Å². The van der Waals surface area contributed by atoms with Crippen molar-refractivity contribution in [3.8, 4) is 0 Å². The molecule has 0 radical (unpaired) electrons. The Balaban J connectivity index is 3.03. The van der Waals surface area contributed by atoms with Crippen LogP contribution in [-0.2, 0) is 14.3 Å². The molecule has 116 valence electrons. The van der Waals surface area contributed by atoms with Crippen molar-refractivity contribution in [1.82, 2.24) is 4.90 Å². The predicted octanol–water partition coefficient (Wildman–Crippen LogP) is 2.97. The van der Waals surface area contributed by atoms with Crippen LogP contribution in [0.1, 0.15) is 55.4 Å². The van der Waals surface area contributed by atoms with Gasteiger partial charge in [0.25, 0.3) is 0 Å². The third-order valence-electron chi connectivity index (χ3n) is 3.12. The smallest absolute Gasteiger partial charge is 0.413 e. The molecule has 0 aromatic carbocycles. The quantitative estimate of drug-likeness (QED) is 0.743. The Kier molecular flexibility index (Phi) is 4.26. The van der Waals surface area contributed by atoms with Crippen molar-refractivity contribution < 1.29 is 19.1 Å². The fraction of sp³-hybridized carbons (Fsp3) is 0.867. The lowest BCUT2D eigenvalue weighted by molar-refractivity contribution is -0.132.